The standard InChI is InChI=1S/C8H18N.C5H5.5CH3.2ClH.Hf/c1-7(2,3)9-8(4,5)6;1-2-4-5-3-1;;;;;;;;/h1-6H3;1-3H,4H2;5*1H3;2*1H;/q7*-1;;;. The van der Waals surface area contributed by atoms with Crippen LogP contribution in [0.3, 0.4) is 0 Å². The maximum absolute atomic E-state index is 4.54. The predicted octanol–water partition coefficient (Wildman–Crippen LogP) is 7.36. The second-order valence-electron chi connectivity index (χ2n) is 5.46. The Hall–Kier alpha value is 0.890. The second kappa shape index (κ2) is 26.8. The van der Waals surface area contributed by atoms with E-state index in [0.717, 1.165) is 6.42 Å². The van der Waals surface area contributed by atoms with Gasteiger partial charge in [-0.3, -0.25) is 6.08 Å². The van der Waals surface area contributed by atoms with E-state index in [4.69, 9.17) is 0 Å². The van der Waals surface area contributed by atoms with E-state index >= 15 is 0 Å². The molecule has 0 aromatic rings. The van der Waals surface area contributed by atoms with Crippen molar-refractivity contribution in [3.8, 4) is 0 Å². The van der Waals surface area contributed by atoms with Crippen molar-refractivity contribution in [2.24, 2.45) is 0 Å². The van der Waals surface area contributed by atoms with Crippen molar-refractivity contribution < 1.29 is 25.8 Å². The van der Waals surface area contributed by atoms with Crippen molar-refractivity contribution in [2.45, 2.75) is 59.0 Å². The molecule has 0 unspecified atom stereocenters. The summed E-state index contributed by atoms with van der Waals surface area (Å²) in [5, 5.41) is 4.54. The van der Waals surface area contributed by atoms with E-state index < -0.39 is 0 Å². The van der Waals surface area contributed by atoms with Crippen LogP contribution in [0.25, 0.3) is 5.32 Å². The van der Waals surface area contributed by atoms with Crippen LogP contribution in [0.5, 0.6) is 0 Å². The van der Waals surface area contributed by atoms with Crippen LogP contribution < -0.4 is 0 Å². The van der Waals surface area contributed by atoms with Crippen LogP contribution in [0.4, 0.5) is 0 Å². The maximum Gasteiger partial charge on any atom is 0 e. The number of hydrogen-bond acceptors (Lipinski definition) is 0. The third kappa shape index (κ3) is 58.5. The molecule has 1 aliphatic rings. The fourth-order valence-electron chi connectivity index (χ4n) is 1.35. The number of hydrogen-bond donors (Lipinski definition) is 0. The van der Waals surface area contributed by atoms with Crippen molar-refractivity contribution in [3.05, 3.63) is 66.8 Å². The van der Waals surface area contributed by atoms with Crippen LogP contribution in [-0.2, 0) is 25.8 Å². The molecule has 0 aromatic heterocycles. The van der Waals surface area contributed by atoms with Gasteiger partial charge in [-0.25, -0.2) is 12.2 Å². The number of nitrogens with zero attached hydrogens (tertiary/aromatic N) is 1. The van der Waals surface area contributed by atoms with Gasteiger partial charge in [0, 0.05) is 25.8 Å². The molecule has 0 spiro atoms. The minimum Gasteiger partial charge on any atom is -0.653 e. The molecule has 0 amide bonds. The molecule has 0 aromatic carbocycles. The van der Waals surface area contributed by atoms with Gasteiger partial charge in [0.15, 0.2) is 0 Å². The predicted molar refractivity (Wildman–Crippen MR) is 111 cm³/mol. The van der Waals surface area contributed by atoms with Gasteiger partial charge in [0.1, 0.15) is 0 Å². The number of rotatable bonds is 0. The van der Waals surface area contributed by atoms with Gasteiger partial charge in [0.25, 0.3) is 0 Å². The minimum absolute atomic E-state index is 0. The summed E-state index contributed by atoms with van der Waals surface area (Å²) in [5.41, 5.74) is 0.219. The first-order valence-electron chi connectivity index (χ1n) is 5.16. The molecular formula is C18H40Cl2HfN-7. The molecular weight excluding hydrogens is 480 g/mol. The summed E-state index contributed by atoms with van der Waals surface area (Å²) in [7, 11) is 0. The van der Waals surface area contributed by atoms with Gasteiger partial charge in [-0.1, -0.05) is 41.5 Å². The summed E-state index contributed by atoms with van der Waals surface area (Å²) in [6.45, 7) is 12.7. The Morgan fingerprint density at radius 2 is 1.09 bits per heavy atom. The Kier molecular flexibility index (Phi) is 69.2. The summed E-state index contributed by atoms with van der Waals surface area (Å²) in [6, 6.07) is 0. The van der Waals surface area contributed by atoms with Crippen LogP contribution in [-0.4, -0.2) is 11.1 Å². The van der Waals surface area contributed by atoms with E-state index in [2.05, 4.69) is 59.0 Å². The fraction of sp³-hybridized carbons (Fsp3) is 0.500. The third-order valence-corrected chi connectivity index (χ3v) is 1.26. The zero-order valence-electron chi connectivity index (χ0n) is 16.7. The summed E-state index contributed by atoms with van der Waals surface area (Å²) >= 11 is 0. The Labute approximate surface area is 175 Å². The zero-order chi connectivity index (χ0) is 11.2. The molecule has 0 bridgehead atoms. The molecule has 1 aliphatic carbocycles. The van der Waals surface area contributed by atoms with Gasteiger partial charge < -0.3 is 42.5 Å². The van der Waals surface area contributed by atoms with E-state index in [1.54, 1.807) is 0 Å². The average molecular weight is 520 g/mol. The Balaban J connectivity index is -0.0000000169. The molecule has 0 radical (unpaired) electrons. The van der Waals surface area contributed by atoms with Gasteiger partial charge in [-0.2, -0.15) is 6.08 Å². The maximum atomic E-state index is 4.54. The molecule has 1 rings (SSSR count). The summed E-state index contributed by atoms with van der Waals surface area (Å²) in [4.78, 5) is 0. The molecule has 1 nitrogen and oxygen atoms in total. The molecule has 22 heavy (non-hydrogen) atoms. The van der Waals surface area contributed by atoms with Crippen LogP contribution in [0.15, 0.2) is 18.2 Å². The molecule has 0 saturated heterocycles. The minimum atomic E-state index is 0. The second-order valence-corrected chi connectivity index (χ2v) is 5.46. The van der Waals surface area contributed by atoms with Gasteiger partial charge in [0.2, 0.25) is 0 Å². The quantitative estimate of drug-likeness (QED) is 0.234. The first kappa shape index (κ1) is 56.9. The molecule has 0 saturated carbocycles. The summed E-state index contributed by atoms with van der Waals surface area (Å²) in [6.07, 6.45) is 10.0. The average Bonchev–Trinajstić information content (AvgIpc) is 2.29. The van der Waals surface area contributed by atoms with Crippen LogP contribution >= 0.6 is 24.8 Å². The third-order valence-electron chi connectivity index (χ3n) is 1.26. The Morgan fingerprint density at radius 1 is 0.773 bits per heavy atom. The van der Waals surface area contributed by atoms with Crippen LogP contribution in [0.2, 0.25) is 0 Å². The van der Waals surface area contributed by atoms with Crippen molar-refractivity contribution in [1.82, 2.24) is 0 Å². The van der Waals surface area contributed by atoms with E-state index in [9.17, 15) is 0 Å². The van der Waals surface area contributed by atoms with Gasteiger partial charge in [-0.15, -0.1) is 42.3 Å². The Bertz CT molecular complexity index is 192. The van der Waals surface area contributed by atoms with Crippen LogP contribution in [0.1, 0.15) is 48.0 Å². The Morgan fingerprint density at radius 3 is 1.14 bits per heavy atom. The number of halogens is 2. The smallest absolute Gasteiger partial charge is 0 e. The molecule has 0 aliphatic heterocycles. The van der Waals surface area contributed by atoms with E-state index in [0.29, 0.717) is 0 Å². The first-order valence-corrected chi connectivity index (χ1v) is 5.16. The molecule has 4 heteroatoms. The molecule has 0 N–H and O–H groups in total. The summed E-state index contributed by atoms with van der Waals surface area (Å²) < 4.78 is 0. The van der Waals surface area contributed by atoms with Crippen molar-refractivity contribution in [1.29, 1.82) is 0 Å². The number of allylic oxidation sites excluding steroid dienone is 4. The molecule has 0 atom stereocenters. The fourth-order valence-corrected chi connectivity index (χ4v) is 1.35. The first-order chi connectivity index (χ1) is 6.21. The monoisotopic (exact) mass is 520 g/mol. The zero-order valence-corrected chi connectivity index (χ0v) is 21.9. The van der Waals surface area contributed by atoms with Gasteiger partial charge in [0.05, 0.1) is 0 Å². The largest absolute Gasteiger partial charge is 0.653 e. The van der Waals surface area contributed by atoms with E-state index in [1.165, 1.54) is 0 Å². The summed E-state index contributed by atoms with van der Waals surface area (Å²) in [5.74, 6) is 0. The SMILES string of the molecule is CC(C)(C)[N-]C(C)(C)C.Cl.Cl.[C-]1=CC=CC1.[CH3-].[CH3-].[CH3-].[CH3-].[CH3-].[Hf]. The topological polar surface area (TPSA) is 14.1 Å². The van der Waals surface area contributed by atoms with E-state index in [1.807, 2.05) is 12.2 Å². The van der Waals surface area contributed by atoms with Crippen molar-refractivity contribution in [2.75, 3.05) is 0 Å². The molecule has 0 heterocycles. The van der Waals surface area contributed by atoms with Crippen LogP contribution in [0, 0.1) is 43.2 Å². The molecule has 0 fully saturated rings. The van der Waals surface area contributed by atoms with E-state index in [-0.39, 0.29) is 98.9 Å². The van der Waals surface area contributed by atoms with Gasteiger partial charge >= 0.3 is 0 Å². The van der Waals surface area contributed by atoms with Gasteiger partial charge in [-0.05, 0) is 0 Å². The molecule has 142 valence electrons. The normalized spacial score (nSPS) is 9.73. The van der Waals surface area contributed by atoms with Crippen molar-refractivity contribution >= 4 is 24.8 Å². The van der Waals surface area contributed by atoms with Crippen molar-refractivity contribution in [3.63, 3.8) is 0 Å².